The first-order valence-corrected chi connectivity index (χ1v) is 10.0. The number of esters is 1. The summed E-state index contributed by atoms with van der Waals surface area (Å²) in [7, 11) is 0. The molecule has 7 nitrogen and oxygen atoms in total. The summed E-state index contributed by atoms with van der Waals surface area (Å²) in [6, 6.07) is 3.94. The first-order valence-electron chi connectivity index (χ1n) is 9.64. The van der Waals surface area contributed by atoms with Crippen molar-refractivity contribution in [2.45, 2.75) is 33.2 Å². The van der Waals surface area contributed by atoms with Gasteiger partial charge in [0.25, 0.3) is 0 Å². The molecule has 154 valence electrons. The normalized spacial score (nSPS) is 18.6. The molecule has 28 heavy (non-hydrogen) atoms. The Hall–Kier alpha value is -1.99. The van der Waals surface area contributed by atoms with Crippen molar-refractivity contribution >= 4 is 23.7 Å². The van der Waals surface area contributed by atoms with E-state index in [9.17, 15) is 9.59 Å². The van der Waals surface area contributed by atoms with Gasteiger partial charge in [-0.1, -0.05) is 23.7 Å². The molecule has 0 aromatic heterocycles. The molecule has 1 aliphatic heterocycles. The molecule has 0 bridgehead atoms. The van der Waals surface area contributed by atoms with Gasteiger partial charge >= 0.3 is 12.1 Å². The fraction of sp³-hybridized carbons (Fsp3) is 0.600. The van der Waals surface area contributed by atoms with Crippen LogP contribution in [0.4, 0.5) is 4.79 Å². The number of benzene rings is 1. The van der Waals surface area contributed by atoms with E-state index in [4.69, 9.17) is 26.2 Å². The van der Waals surface area contributed by atoms with Crippen molar-refractivity contribution in [3.63, 3.8) is 0 Å². The number of piperazine rings is 1. The van der Waals surface area contributed by atoms with E-state index in [1.54, 1.807) is 6.92 Å². The molecule has 1 aromatic rings. The van der Waals surface area contributed by atoms with E-state index in [0.717, 1.165) is 24.0 Å². The van der Waals surface area contributed by atoms with Gasteiger partial charge in [-0.15, -0.1) is 0 Å². The van der Waals surface area contributed by atoms with Crippen LogP contribution in [-0.4, -0.2) is 66.4 Å². The number of hydrogen-bond donors (Lipinski definition) is 1. The van der Waals surface area contributed by atoms with E-state index in [2.05, 4.69) is 4.90 Å². The van der Waals surface area contributed by atoms with Crippen LogP contribution in [0.5, 0.6) is 5.75 Å². The van der Waals surface area contributed by atoms with Crippen molar-refractivity contribution in [2.24, 2.45) is 5.41 Å². The molecule has 1 amide bonds. The zero-order valence-electron chi connectivity index (χ0n) is 16.4. The van der Waals surface area contributed by atoms with Crippen LogP contribution in [-0.2, 0) is 16.1 Å². The third-order valence-corrected chi connectivity index (χ3v) is 5.93. The van der Waals surface area contributed by atoms with Crippen molar-refractivity contribution in [2.75, 3.05) is 39.4 Å². The average molecular weight is 411 g/mol. The van der Waals surface area contributed by atoms with E-state index >= 15 is 0 Å². The van der Waals surface area contributed by atoms with Gasteiger partial charge in [-0.3, -0.25) is 9.69 Å². The summed E-state index contributed by atoms with van der Waals surface area (Å²) in [5.41, 5.74) is 1.31. The number of amides is 1. The molecule has 2 fully saturated rings. The second-order valence-corrected chi connectivity index (χ2v) is 7.90. The van der Waals surface area contributed by atoms with E-state index in [1.807, 2.05) is 19.1 Å². The topological polar surface area (TPSA) is 79.3 Å². The highest BCUT2D eigenvalue weighted by Crippen LogP contribution is 2.48. The quantitative estimate of drug-likeness (QED) is 0.695. The van der Waals surface area contributed by atoms with Gasteiger partial charge in [0.1, 0.15) is 17.8 Å². The lowest BCUT2D eigenvalue weighted by molar-refractivity contribution is -0.150. The zero-order valence-corrected chi connectivity index (χ0v) is 17.1. The molecule has 1 heterocycles. The molecule has 0 spiro atoms. The smallest absolute Gasteiger partial charge is 0.407 e. The highest BCUT2D eigenvalue weighted by Gasteiger charge is 2.52. The Balaban J connectivity index is 1.68. The van der Waals surface area contributed by atoms with E-state index in [-0.39, 0.29) is 12.6 Å². The average Bonchev–Trinajstić information content (AvgIpc) is 3.46. The van der Waals surface area contributed by atoms with Crippen LogP contribution in [0, 0.1) is 12.3 Å². The molecule has 1 saturated heterocycles. The number of nitrogens with zero attached hydrogens (tertiary/aromatic N) is 2. The zero-order chi connectivity index (χ0) is 20.3. The van der Waals surface area contributed by atoms with Gasteiger partial charge in [-0.2, -0.15) is 0 Å². The van der Waals surface area contributed by atoms with Crippen molar-refractivity contribution < 1.29 is 24.2 Å². The van der Waals surface area contributed by atoms with Crippen molar-refractivity contribution in [3.05, 3.63) is 28.3 Å². The number of carboxylic acid groups (broad SMARTS) is 1. The predicted octanol–water partition coefficient (Wildman–Crippen LogP) is 3.17. The maximum atomic E-state index is 12.2. The van der Waals surface area contributed by atoms with Gasteiger partial charge < -0.3 is 19.5 Å². The molecule has 1 saturated carbocycles. The van der Waals surface area contributed by atoms with Gasteiger partial charge in [0.2, 0.25) is 0 Å². The summed E-state index contributed by atoms with van der Waals surface area (Å²) in [4.78, 5) is 26.9. The Labute approximate surface area is 170 Å². The molecular formula is C20H27ClN2O5. The summed E-state index contributed by atoms with van der Waals surface area (Å²) in [6.45, 7) is 7.24. The predicted molar refractivity (Wildman–Crippen MR) is 105 cm³/mol. The number of ether oxygens (including phenoxy) is 2. The Morgan fingerprint density at radius 2 is 1.89 bits per heavy atom. The van der Waals surface area contributed by atoms with Crippen molar-refractivity contribution in [3.8, 4) is 5.75 Å². The largest absolute Gasteiger partial charge is 0.490 e. The molecule has 3 rings (SSSR count). The summed E-state index contributed by atoms with van der Waals surface area (Å²) >= 11 is 6.53. The third-order valence-electron chi connectivity index (χ3n) is 5.46. The van der Waals surface area contributed by atoms with Crippen LogP contribution < -0.4 is 4.74 Å². The van der Waals surface area contributed by atoms with Crippen LogP contribution >= 0.6 is 11.6 Å². The number of carbonyl (C=O) groups excluding carboxylic acids is 1. The second kappa shape index (κ2) is 8.57. The van der Waals surface area contributed by atoms with Crippen molar-refractivity contribution in [1.82, 2.24) is 9.80 Å². The van der Waals surface area contributed by atoms with Crippen molar-refractivity contribution in [1.29, 1.82) is 0 Å². The lowest BCUT2D eigenvalue weighted by atomic mass is 10.1. The number of aryl methyl sites for hydroxylation is 1. The molecule has 1 aromatic carbocycles. The third kappa shape index (κ3) is 4.52. The fourth-order valence-corrected chi connectivity index (χ4v) is 3.60. The Kier molecular flexibility index (Phi) is 6.35. The van der Waals surface area contributed by atoms with Crippen LogP contribution in [0.1, 0.15) is 30.9 Å². The van der Waals surface area contributed by atoms with Gasteiger partial charge in [0, 0.05) is 38.3 Å². The van der Waals surface area contributed by atoms with Crippen LogP contribution in [0.25, 0.3) is 0 Å². The molecular weight excluding hydrogens is 384 g/mol. The number of hydrogen-bond acceptors (Lipinski definition) is 5. The van der Waals surface area contributed by atoms with Gasteiger partial charge in [-0.25, -0.2) is 4.79 Å². The standard InChI is InChI=1S/C20H27ClN2O5/c1-3-27-18(24)20(6-7-20)13-28-17-15(5-4-14(2)16(17)21)12-22-8-10-23(11-9-22)19(25)26/h4-5H,3,6-13H2,1-2H3,(H,25,26). The molecule has 2 aliphatic rings. The molecule has 0 unspecified atom stereocenters. The van der Waals surface area contributed by atoms with Crippen LogP contribution in [0.2, 0.25) is 5.02 Å². The number of rotatable bonds is 7. The number of carbonyl (C=O) groups is 2. The summed E-state index contributed by atoms with van der Waals surface area (Å²) in [5, 5.41) is 9.65. The van der Waals surface area contributed by atoms with Crippen LogP contribution in [0.15, 0.2) is 12.1 Å². The Bertz CT molecular complexity index is 742. The highest BCUT2D eigenvalue weighted by molar-refractivity contribution is 6.32. The molecule has 0 radical (unpaired) electrons. The second-order valence-electron chi connectivity index (χ2n) is 7.52. The minimum absolute atomic E-state index is 0.204. The van der Waals surface area contributed by atoms with Gasteiger partial charge in [0.15, 0.2) is 0 Å². The summed E-state index contributed by atoms with van der Waals surface area (Å²) in [5.74, 6) is 0.406. The first kappa shape index (κ1) is 20.7. The first-order chi connectivity index (χ1) is 13.4. The van der Waals surface area contributed by atoms with Crippen LogP contribution in [0.3, 0.4) is 0 Å². The lowest BCUT2D eigenvalue weighted by Gasteiger charge is -2.33. The summed E-state index contributed by atoms with van der Waals surface area (Å²) < 4.78 is 11.3. The Morgan fingerprint density at radius 3 is 2.46 bits per heavy atom. The monoisotopic (exact) mass is 410 g/mol. The maximum Gasteiger partial charge on any atom is 0.407 e. The van der Waals surface area contributed by atoms with Gasteiger partial charge in [-0.05, 0) is 32.3 Å². The molecule has 1 aliphatic carbocycles. The highest BCUT2D eigenvalue weighted by atomic mass is 35.5. The van der Waals surface area contributed by atoms with E-state index in [1.165, 1.54) is 4.90 Å². The molecule has 8 heteroatoms. The fourth-order valence-electron chi connectivity index (χ4n) is 3.37. The minimum Gasteiger partial charge on any atom is -0.490 e. The number of halogens is 1. The molecule has 0 atom stereocenters. The lowest BCUT2D eigenvalue weighted by Crippen LogP contribution is -2.47. The molecule has 1 N–H and O–H groups in total. The van der Waals surface area contributed by atoms with E-state index < -0.39 is 11.5 Å². The Morgan fingerprint density at radius 1 is 1.21 bits per heavy atom. The van der Waals surface area contributed by atoms with Gasteiger partial charge in [0.05, 0.1) is 11.6 Å². The minimum atomic E-state index is -0.879. The maximum absolute atomic E-state index is 12.2. The summed E-state index contributed by atoms with van der Waals surface area (Å²) in [6.07, 6.45) is 0.652. The van der Waals surface area contributed by atoms with E-state index in [0.29, 0.717) is 50.1 Å². The SMILES string of the molecule is CCOC(=O)C1(COc2c(CN3CCN(C(=O)O)CC3)ccc(C)c2Cl)CC1.